The number of hydrazine groups is 1. The summed E-state index contributed by atoms with van der Waals surface area (Å²) in [6, 6.07) is 14.7. The highest BCUT2D eigenvalue weighted by Gasteiger charge is 2.27. The predicted octanol–water partition coefficient (Wildman–Crippen LogP) is 1.69. The summed E-state index contributed by atoms with van der Waals surface area (Å²) in [6.45, 7) is 2.89. The molecule has 2 heterocycles. The average molecular weight is 312 g/mol. The van der Waals surface area contributed by atoms with Gasteiger partial charge in [0.25, 0.3) is 0 Å². The van der Waals surface area contributed by atoms with E-state index in [-0.39, 0.29) is 0 Å². The Morgan fingerprint density at radius 1 is 1.22 bits per heavy atom. The monoisotopic (exact) mass is 312 g/mol. The standard InChI is InChI=1S/C18H24N4O/c1-23-17-7-5-14(6-8-17)18-15(13-21-22-18)12-19-11-9-16-4-2-3-10-20-16/h2-8,10,15,18-19,21-22H,9,11-13H2,1H3. The van der Waals surface area contributed by atoms with Crippen LogP contribution in [0.25, 0.3) is 0 Å². The number of rotatable bonds is 7. The lowest BCUT2D eigenvalue weighted by molar-refractivity contribution is 0.413. The first-order valence-corrected chi connectivity index (χ1v) is 8.10. The SMILES string of the molecule is COc1ccc(C2NNCC2CNCCc2ccccn2)cc1. The number of pyridine rings is 1. The van der Waals surface area contributed by atoms with Gasteiger partial charge in [-0.3, -0.25) is 10.4 Å². The van der Waals surface area contributed by atoms with E-state index in [2.05, 4.69) is 39.4 Å². The van der Waals surface area contributed by atoms with Crippen LogP contribution in [0.2, 0.25) is 0 Å². The molecule has 0 amide bonds. The van der Waals surface area contributed by atoms with Crippen LogP contribution < -0.4 is 20.9 Å². The molecule has 0 bridgehead atoms. The highest BCUT2D eigenvalue weighted by atomic mass is 16.5. The highest BCUT2D eigenvalue weighted by molar-refractivity contribution is 5.30. The third-order valence-electron chi connectivity index (χ3n) is 4.26. The Kier molecular flexibility index (Phi) is 5.58. The van der Waals surface area contributed by atoms with Crippen LogP contribution in [0.4, 0.5) is 0 Å². The molecule has 1 aliphatic heterocycles. The molecule has 3 rings (SSSR count). The van der Waals surface area contributed by atoms with E-state index < -0.39 is 0 Å². The number of ether oxygens (including phenoxy) is 1. The summed E-state index contributed by atoms with van der Waals surface area (Å²) < 4.78 is 5.23. The van der Waals surface area contributed by atoms with Crippen LogP contribution in [0.1, 0.15) is 17.3 Å². The van der Waals surface area contributed by atoms with Crippen LogP contribution in [-0.4, -0.2) is 31.7 Å². The predicted molar refractivity (Wildman–Crippen MR) is 91.2 cm³/mol. The number of hydrogen-bond donors (Lipinski definition) is 3. The van der Waals surface area contributed by atoms with Crippen LogP contribution in [-0.2, 0) is 6.42 Å². The third kappa shape index (κ3) is 4.28. The van der Waals surface area contributed by atoms with Crippen LogP contribution in [0.15, 0.2) is 48.7 Å². The summed E-state index contributed by atoms with van der Waals surface area (Å²) in [5.74, 6) is 1.41. The van der Waals surface area contributed by atoms with Crippen molar-refractivity contribution in [1.29, 1.82) is 0 Å². The van der Waals surface area contributed by atoms with Gasteiger partial charge in [-0.1, -0.05) is 18.2 Å². The van der Waals surface area contributed by atoms with Crippen LogP contribution in [0.3, 0.4) is 0 Å². The number of nitrogens with one attached hydrogen (secondary N) is 3. The third-order valence-corrected chi connectivity index (χ3v) is 4.26. The first kappa shape index (κ1) is 15.9. The van der Waals surface area contributed by atoms with E-state index in [0.29, 0.717) is 12.0 Å². The van der Waals surface area contributed by atoms with E-state index in [1.54, 1.807) is 7.11 Å². The first-order valence-electron chi connectivity index (χ1n) is 8.10. The van der Waals surface area contributed by atoms with E-state index in [4.69, 9.17) is 4.74 Å². The minimum absolute atomic E-state index is 0.322. The minimum atomic E-state index is 0.322. The molecule has 0 spiro atoms. The smallest absolute Gasteiger partial charge is 0.118 e. The summed E-state index contributed by atoms with van der Waals surface area (Å²) in [7, 11) is 1.69. The Labute approximate surface area is 137 Å². The zero-order valence-electron chi connectivity index (χ0n) is 13.5. The van der Waals surface area contributed by atoms with Crippen LogP contribution >= 0.6 is 0 Å². The molecule has 5 heteroatoms. The van der Waals surface area contributed by atoms with Gasteiger partial charge >= 0.3 is 0 Å². The van der Waals surface area contributed by atoms with Gasteiger partial charge in [0.2, 0.25) is 0 Å². The van der Waals surface area contributed by atoms with E-state index in [1.165, 1.54) is 5.56 Å². The fraction of sp³-hybridized carbons (Fsp3) is 0.389. The zero-order valence-corrected chi connectivity index (χ0v) is 13.5. The Hall–Kier alpha value is -1.95. The van der Waals surface area contributed by atoms with Crippen molar-refractivity contribution in [1.82, 2.24) is 21.2 Å². The van der Waals surface area contributed by atoms with Gasteiger partial charge in [0.05, 0.1) is 13.2 Å². The van der Waals surface area contributed by atoms with E-state index in [0.717, 1.165) is 37.5 Å². The Balaban J connectivity index is 1.48. The number of aromatic nitrogens is 1. The zero-order chi connectivity index (χ0) is 15.9. The molecule has 0 aliphatic carbocycles. The van der Waals surface area contributed by atoms with Crippen molar-refractivity contribution < 1.29 is 4.74 Å². The molecular formula is C18H24N4O. The molecule has 122 valence electrons. The van der Waals surface area contributed by atoms with Gasteiger partial charge in [-0.05, 0) is 29.8 Å². The van der Waals surface area contributed by atoms with Crippen molar-refractivity contribution in [3.63, 3.8) is 0 Å². The van der Waals surface area contributed by atoms with Gasteiger partial charge in [0, 0.05) is 43.9 Å². The molecule has 1 saturated heterocycles. The summed E-state index contributed by atoms with van der Waals surface area (Å²) in [5, 5.41) is 3.55. The quantitative estimate of drug-likeness (QED) is 0.679. The Morgan fingerprint density at radius 3 is 2.83 bits per heavy atom. The van der Waals surface area contributed by atoms with Crippen molar-refractivity contribution >= 4 is 0 Å². The molecule has 3 N–H and O–H groups in total. The lowest BCUT2D eigenvalue weighted by atomic mass is 9.95. The maximum atomic E-state index is 5.23. The molecule has 2 unspecified atom stereocenters. The summed E-state index contributed by atoms with van der Waals surface area (Å²) in [5.41, 5.74) is 9.07. The van der Waals surface area contributed by atoms with Gasteiger partial charge < -0.3 is 10.1 Å². The van der Waals surface area contributed by atoms with Gasteiger partial charge in [0.1, 0.15) is 5.75 Å². The van der Waals surface area contributed by atoms with Crippen LogP contribution in [0, 0.1) is 5.92 Å². The molecule has 2 atom stereocenters. The summed E-state index contributed by atoms with van der Waals surface area (Å²) in [6.07, 6.45) is 2.81. The number of methoxy groups -OCH3 is 1. The largest absolute Gasteiger partial charge is 0.497 e. The topological polar surface area (TPSA) is 58.2 Å². The van der Waals surface area contributed by atoms with E-state index in [1.807, 2.05) is 30.5 Å². The van der Waals surface area contributed by atoms with E-state index >= 15 is 0 Å². The van der Waals surface area contributed by atoms with Gasteiger partial charge in [-0.2, -0.15) is 0 Å². The second-order valence-electron chi connectivity index (χ2n) is 5.81. The Bertz CT molecular complexity index is 588. The van der Waals surface area contributed by atoms with Gasteiger partial charge in [-0.15, -0.1) is 0 Å². The van der Waals surface area contributed by atoms with Crippen molar-refractivity contribution in [3.05, 3.63) is 59.9 Å². The second kappa shape index (κ2) is 8.06. The molecule has 1 aliphatic rings. The molecule has 1 aromatic heterocycles. The highest BCUT2D eigenvalue weighted by Crippen LogP contribution is 2.25. The number of hydrogen-bond acceptors (Lipinski definition) is 5. The molecule has 0 saturated carbocycles. The number of benzene rings is 1. The van der Waals surface area contributed by atoms with Crippen molar-refractivity contribution in [3.8, 4) is 5.75 Å². The van der Waals surface area contributed by atoms with Gasteiger partial charge in [-0.25, -0.2) is 5.43 Å². The number of nitrogens with zero attached hydrogens (tertiary/aromatic N) is 1. The molecule has 2 aromatic rings. The fourth-order valence-corrected chi connectivity index (χ4v) is 2.94. The van der Waals surface area contributed by atoms with Crippen LogP contribution in [0.5, 0.6) is 5.75 Å². The van der Waals surface area contributed by atoms with Crippen molar-refractivity contribution in [2.24, 2.45) is 5.92 Å². The van der Waals surface area contributed by atoms with E-state index in [9.17, 15) is 0 Å². The fourth-order valence-electron chi connectivity index (χ4n) is 2.94. The normalized spacial score (nSPS) is 20.6. The molecular weight excluding hydrogens is 288 g/mol. The molecule has 5 nitrogen and oxygen atoms in total. The average Bonchev–Trinajstić information content (AvgIpc) is 3.08. The Morgan fingerprint density at radius 2 is 2.09 bits per heavy atom. The minimum Gasteiger partial charge on any atom is -0.497 e. The maximum Gasteiger partial charge on any atom is 0.118 e. The summed E-state index contributed by atoms with van der Waals surface area (Å²) in [4.78, 5) is 4.35. The molecule has 23 heavy (non-hydrogen) atoms. The molecule has 1 aromatic carbocycles. The van der Waals surface area contributed by atoms with Crippen molar-refractivity contribution in [2.45, 2.75) is 12.5 Å². The second-order valence-corrected chi connectivity index (χ2v) is 5.81. The maximum absolute atomic E-state index is 5.23. The first-order chi connectivity index (χ1) is 11.4. The van der Waals surface area contributed by atoms with Crippen molar-refractivity contribution in [2.75, 3.05) is 26.7 Å². The molecule has 0 radical (unpaired) electrons. The lowest BCUT2D eigenvalue weighted by Gasteiger charge is -2.19. The lowest BCUT2D eigenvalue weighted by Crippen LogP contribution is -2.30. The van der Waals surface area contributed by atoms with Gasteiger partial charge in [0.15, 0.2) is 0 Å². The molecule has 1 fully saturated rings. The summed E-state index contributed by atoms with van der Waals surface area (Å²) >= 11 is 0.